The van der Waals surface area contributed by atoms with E-state index in [9.17, 15) is 24.0 Å². The summed E-state index contributed by atoms with van der Waals surface area (Å²) in [5.74, 6) is -1.88. The third-order valence-corrected chi connectivity index (χ3v) is 9.20. The monoisotopic (exact) mass is 622 g/mol. The normalized spacial score (nSPS) is 15.4. The van der Waals surface area contributed by atoms with E-state index < -0.39 is 29.7 Å². The molecule has 0 aromatic heterocycles. The van der Waals surface area contributed by atoms with Gasteiger partial charge in [-0.1, -0.05) is 56.9 Å². The number of nitrogens with one attached hydrogen (secondary N) is 1. The summed E-state index contributed by atoms with van der Waals surface area (Å²) >= 11 is 0. The maximum absolute atomic E-state index is 14.6. The summed E-state index contributed by atoms with van der Waals surface area (Å²) in [5, 5.41) is 13.6. The Morgan fingerprint density at radius 2 is 1.63 bits per heavy atom. The molecule has 2 aliphatic heterocycles. The lowest BCUT2D eigenvalue weighted by Crippen LogP contribution is -2.56. The highest BCUT2D eigenvalue weighted by molar-refractivity contribution is 6.28. The van der Waals surface area contributed by atoms with Crippen molar-refractivity contribution >= 4 is 41.1 Å². The molecule has 3 aromatic rings. The molecule has 5 amide bonds. The van der Waals surface area contributed by atoms with Crippen molar-refractivity contribution in [2.75, 3.05) is 16.5 Å². The Balaban J connectivity index is 1.32. The second kappa shape index (κ2) is 13.2. The molecule has 2 heterocycles. The number of fused-ring (bicyclic) bond motifs is 2. The molecule has 3 bridgehead atoms. The van der Waals surface area contributed by atoms with Crippen LogP contribution in [0.25, 0.3) is 0 Å². The number of rotatable bonds is 11. The summed E-state index contributed by atoms with van der Waals surface area (Å²) < 4.78 is 0. The summed E-state index contributed by atoms with van der Waals surface area (Å²) in [5.41, 5.74) is 4.95. The van der Waals surface area contributed by atoms with Crippen molar-refractivity contribution in [3.63, 3.8) is 0 Å². The molecule has 0 spiro atoms. The molecule has 0 saturated heterocycles. The zero-order chi connectivity index (χ0) is 32.4. The molecule has 46 heavy (non-hydrogen) atoms. The highest BCUT2D eigenvalue weighted by atomic mass is 16.4. The molecule has 1 fully saturated rings. The van der Waals surface area contributed by atoms with Gasteiger partial charge < -0.3 is 10.4 Å². The Labute approximate surface area is 267 Å². The molecule has 3 aliphatic rings. The van der Waals surface area contributed by atoms with Crippen LogP contribution in [-0.2, 0) is 17.8 Å². The van der Waals surface area contributed by atoms with E-state index in [0.717, 1.165) is 41.8 Å². The van der Waals surface area contributed by atoms with Crippen LogP contribution in [-0.4, -0.2) is 46.4 Å². The number of hydrogen-bond donors (Lipinski definition) is 2. The largest absolute Gasteiger partial charge is 0.481 e. The zero-order valence-corrected chi connectivity index (χ0v) is 26.0. The summed E-state index contributed by atoms with van der Waals surface area (Å²) in [6.45, 7) is 2.19. The number of anilines is 2. The number of benzene rings is 3. The quantitative estimate of drug-likeness (QED) is 0.237. The summed E-state index contributed by atoms with van der Waals surface area (Å²) in [6, 6.07) is 17.6. The van der Waals surface area contributed by atoms with E-state index in [1.54, 1.807) is 41.3 Å². The number of carboxylic acid groups (broad SMARTS) is 1. The number of imide groups is 1. The van der Waals surface area contributed by atoms with E-state index in [2.05, 4.69) is 24.4 Å². The van der Waals surface area contributed by atoms with Gasteiger partial charge in [0.05, 0.1) is 29.8 Å². The molecule has 1 aliphatic carbocycles. The van der Waals surface area contributed by atoms with Gasteiger partial charge in [-0.2, -0.15) is 10.0 Å². The molecule has 6 rings (SSSR count). The van der Waals surface area contributed by atoms with E-state index in [0.29, 0.717) is 40.4 Å². The minimum Gasteiger partial charge on any atom is -0.481 e. The standard InChI is InChI=1S/C36H38N4O6/c1-2-3-9-28-30-19-18-29-32(28)35(45)40(34(29)44)39(30)36(46)38(27-16-14-25(15-17-27)24-7-5-4-6-8-24)22-23-10-12-26(13-11-23)33(43)37-21-20-31(41)42/h10-19,24H,2-9,20-22H2,1H3,(H,37,43)(H,41,42). The van der Waals surface area contributed by atoms with Crippen molar-refractivity contribution < 1.29 is 29.1 Å². The van der Waals surface area contributed by atoms with Crippen molar-refractivity contribution in [2.24, 2.45) is 0 Å². The molecule has 0 atom stereocenters. The first-order valence-corrected chi connectivity index (χ1v) is 16.1. The Bertz CT molecular complexity index is 1680. The van der Waals surface area contributed by atoms with E-state index in [1.807, 2.05) is 12.1 Å². The van der Waals surface area contributed by atoms with Crippen molar-refractivity contribution in [1.82, 2.24) is 10.3 Å². The van der Waals surface area contributed by atoms with Gasteiger partial charge >= 0.3 is 12.0 Å². The van der Waals surface area contributed by atoms with Crippen molar-refractivity contribution in [3.8, 4) is 0 Å². The van der Waals surface area contributed by atoms with Gasteiger partial charge in [0.1, 0.15) is 0 Å². The Morgan fingerprint density at radius 1 is 0.913 bits per heavy atom. The fourth-order valence-corrected chi connectivity index (χ4v) is 6.73. The van der Waals surface area contributed by atoms with Crippen LogP contribution in [0.15, 0.2) is 60.7 Å². The van der Waals surface area contributed by atoms with E-state index in [-0.39, 0.29) is 19.5 Å². The average molecular weight is 623 g/mol. The molecule has 10 heteroatoms. The van der Waals surface area contributed by atoms with Gasteiger partial charge in [0.25, 0.3) is 17.7 Å². The summed E-state index contributed by atoms with van der Waals surface area (Å²) in [4.78, 5) is 66.5. The topological polar surface area (TPSA) is 127 Å². The third-order valence-electron chi connectivity index (χ3n) is 9.20. The molecule has 1 saturated carbocycles. The SMILES string of the molecule is CCCCc1c2ccc3c1C(=O)N(C3=O)N2C(=O)N(Cc1ccc(C(=O)NCCC(=O)O)cc1)c1ccc(C2CCCCC2)cc1. The lowest BCUT2D eigenvalue weighted by molar-refractivity contribution is -0.136. The lowest BCUT2D eigenvalue weighted by atomic mass is 9.84. The van der Waals surface area contributed by atoms with Crippen LogP contribution in [0.1, 0.15) is 112 Å². The minimum atomic E-state index is -0.997. The van der Waals surface area contributed by atoms with Gasteiger partial charge in [-0.25, -0.2) is 4.79 Å². The number of unbranched alkanes of at least 4 members (excludes halogenated alkanes) is 1. The van der Waals surface area contributed by atoms with E-state index in [4.69, 9.17) is 5.11 Å². The predicted octanol–water partition coefficient (Wildman–Crippen LogP) is 6.44. The maximum atomic E-state index is 14.6. The van der Waals surface area contributed by atoms with Crippen LogP contribution < -0.4 is 15.2 Å². The first-order chi connectivity index (χ1) is 22.3. The fourth-order valence-electron chi connectivity index (χ4n) is 6.73. The number of carboxylic acids is 1. The Morgan fingerprint density at radius 3 is 2.30 bits per heavy atom. The van der Waals surface area contributed by atoms with Gasteiger partial charge in [0, 0.05) is 17.8 Å². The van der Waals surface area contributed by atoms with Gasteiger partial charge in [0.2, 0.25) is 0 Å². The molecule has 0 radical (unpaired) electrons. The number of hydrazine groups is 1. The van der Waals surface area contributed by atoms with Crippen molar-refractivity contribution in [3.05, 3.63) is 94.0 Å². The lowest BCUT2D eigenvalue weighted by Gasteiger charge is -2.37. The minimum absolute atomic E-state index is 0.0155. The van der Waals surface area contributed by atoms with Crippen LogP contribution in [0, 0.1) is 0 Å². The highest BCUT2D eigenvalue weighted by Crippen LogP contribution is 2.42. The van der Waals surface area contributed by atoms with E-state index in [1.165, 1.54) is 29.8 Å². The van der Waals surface area contributed by atoms with Gasteiger partial charge in [-0.15, -0.1) is 0 Å². The molecule has 10 nitrogen and oxygen atoms in total. The highest BCUT2D eigenvalue weighted by Gasteiger charge is 2.50. The van der Waals surface area contributed by atoms with Crippen molar-refractivity contribution in [1.29, 1.82) is 0 Å². The smallest absolute Gasteiger partial charge is 0.348 e. The van der Waals surface area contributed by atoms with Crippen LogP contribution in [0.5, 0.6) is 0 Å². The first kappa shape index (κ1) is 31.0. The number of amides is 5. The second-order valence-electron chi connectivity index (χ2n) is 12.2. The molecule has 238 valence electrons. The van der Waals surface area contributed by atoms with E-state index >= 15 is 0 Å². The maximum Gasteiger partial charge on any atom is 0.348 e. The van der Waals surface area contributed by atoms with Crippen LogP contribution in [0.3, 0.4) is 0 Å². The average Bonchev–Trinajstić information content (AvgIpc) is 3.17. The molecule has 3 aromatic carbocycles. The summed E-state index contributed by atoms with van der Waals surface area (Å²) in [7, 11) is 0. The van der Waals surface area contributed by atoms with Crippen LogP contribution >= 0.6 is 0 Å². The number of hydrogen-bond acceptors (Lipinski definition) is 5. The molecule has 2 N–H and O–H groups in total. The second-order valence-corrected chi connectivity index (χ2v) is 12.2. The van der Waals surface area contributed by atoms with Crippen LogP contribution in [0.2, 0.25) is 0 Å². The first-order valence-electron chi connectivity index (χ1n) is 16.1. The zero-order valence-electron chi connectivity index (χ0n) is 26.0. The van der Waals surface area contributed by atoms with Crippen molar-refractivity contribution in [2.45, 2.75) is 77.2 Å². The Kier molecular flexibility index (Phi) is 8.87. The molecule has 0 unspecified atom stereocenters. The molecular formula is C36H38N4O6. The van der Waals surface area contributed by atoms with Gasteiger partial charge in [-0.3, -0.25) is 24.1 Å². The van der Waals surface area contributed by atoms with Gasteiger partial charge in [-0.05, 0) is 84.7 Å². The fraction of sp³-hybridized carbons (Fsp3) is 0.361. The number of aliphatic carboxylic acids is 1. The number of urea groups is 1. The van der Waals surface area contributed by atoms with Gasteiger partial charge in [0.15, 0.2) is 0 Å². The Hall–Kier alpha value is -4.99. The third kappa shape index (κ3) is 5.87. The number of carbonyl (C=O) groups is 5. The number of nitrogens with zero attached hydrogens (tertiary/aromatic N) is 3. The summed E-state index contributed by atoms with van der Waals surface area (Å²) in [6.07, 6.45) is 8.07. The molecular weight excluding hydrogens is 584 g/mol. The predicted molar refractivity (Wildman–Crippen MR) is 173 cm³/mol. The van der Waals surface area contributed by atoms with Crippen LogP contribution in [0.4, 0.5) is 16.2 Å². The number of carbonyl (C=O) groups excluding carboxylic acids is 4.